The van der Waals surface area contributed by atoms with E-state index in [1.807, 2.05) is 12.1 Å². The van der Waals surface area contributed by atoms with Gasteiger partial charge in [-0.05, 0) is 52.0 Å². The minimum Gasteiger partial charge on any atom is -0.493 e. The molecular formula is C23H38IN3O3. The van der Waals surface area contributed by atoms with E-state index in [9.17, 15) is 0 Å². The predicted octanol–water partition coefficient (Wildman–Crippen LogP) is 4.46. The number of hydrogen-bond acceptors (Lipinski definition) is 4. The fourth-order valence-electron chi connectivity index (χ4n) is 4.18. The van der Waals surface area contributed by atoms with E-state index in [0.717, 1.165) is 75.1 Å². The molecule has 1 aromatic carbocycles. The van der Waals surface area contributed by atoms with Crippen LogP contribution in [0.1, 0.15) is 51.5 Å². The van der Waals surface area contributed by atoms with Crippen LogP contribution >= 0.6 is 24.0 Å². The van der Waals surface area contributed by atoms with Crippen molar-refractivity contribution < 1.29 is 14.2 Å². The van der Waals surface area contributed by atoms with Crippen LogP contribution < -0.4 is 14.8 Å². The number of methoxy groups -OCH3 is 1. The van der Waals surface area contributed by atoms with Crippen molar-refractivity contribution in [2.75, 3.05) is 40.0 Å². The average Bonchev–Trinajstić information content (AvgIpc) is 3.42. The SMILES string of the molecule is CCNC(=NCc1cccc(OC)c1OC1CCCC1)N1CCC(COCC)C1.I. The summed E-state index contributed by atoms with van der Waals surface area (Å²) in [4.78, 5) is 7.30. The summed E-state index contributed by atoms with van der Waals surface area (Å²) < 4.78 is 17.6. The van der Waals surface area contributed by atoms with Gasteiger partial charge in [0, 0.05) is 37.7 Å². The molecule has 0 aromatic heterocycles. The molecule has 0 radical (unpaired) electrons. The van der Waals surface area contributed by atoms with Crippen LogP contribution in [0.5, 0.6) is 11.5 Å². The molecule has 1 heterocycles. The summed E-state index contributed by atoms with van der Waals surface area (Å²) in [7, 11) is 1.71. The molecule has 1 unspecified atom stereocenters. The number of hydrogen-bond donors (Lipinski definition) is 1. The summed E-state index contributed by atoms with van der Waals surface area (Å²) in [5.41, 5.74) is 1.08. The first-order valence-electron chi connectivity index (χ1n) is 11.2. The molecule has 1 N–H and O–H groups in total. The second kappa shape index (κ2) is 13.2. The summed E-state index contributed by atoms with van der Waals surface area (Å²) >= 11 is 0. The van der Waals surface area contributed by atoms with Gasteiger partial charge >= 0.3 is 0 Å². The maximum absolute atomic E-state index is 6.36. The molecule has 1 saturated carbocycles. The Labute approximate surface area is 198 Å². The van der Waals surface area contributed by atoms with Gasteiger partial charge in [0.2, 0.25) is 0 Å². The Hall–Kier alpha value is -1.22. The van der Waals surface area contributed by atoms with Crippen molar-refractivity contribution >= 4 is 29.9 Å². The summed E-state index contributed by atoms with van der Waals surface area (Å²) in [6.45, 7) is 9.23. The summed E-state index contributed by atoms with van der Waals surface area (Å²) in [6, 6.07) is 6.09. The molecule has 2 aliphatic rings. The fraction of sp³-hybridized carbons (Fsp3) is 0.696. The monoisotopic (exact) mass is 531 g/mol. The van der Waals surface area contributed by atoms with Gasteiger partial charge in [-0.2, -0.15) is 0 Å². The lowest BCUT2D eigenvalue weighted by atomic mass is 10.1. The van der Waals surface area contributed by atoms with E-state index in [-0.39, 0.29) is 24.0 Å². The Morgan fingerprint density at radius 1 is 1.20 bits per heavy atom. The fourth-order valence-corrected chi connectivity index (χ4v) is 4.18. The topological polar surface area (TPSA) is 55.3 Å². The van der Waals surface area contributed by atoms with Gasteiger partial charge in [0.25, 0.3) is 0 Å². The second-order valence-corrected chi connectivity index (χ2v) is 7.90. The van der Waals surface area contributed by atoms with Crippen molar-refractivity contribution in [2.45, 2.75) is 58.6 Å². The molecule has 0 bridgehead atoms. The number of halogens is 1. The maximum atomic E-state index is 6.36. The van der Waals surface area contributed by atoms with Crippen LogP contribution in [0.15, 0.2) is 23.2 Å². The Balaban J connectivity index is 0.00000320. The van der Waals surface area contributed by atoms with Gasteiger partial charge < -0.3 is 24.4 Å². The van der Waals surface area contributed by atoms with Gasteiger partial charge in [-0.15, -0.1) is 24.0 Å². The number of likely N-dealkylation sites (tertiary alicyclic amines) is 1. The van der Waals surface area contributed by atoms with Crippen LogP contribution in [0.25, 0.3) is 0 Å². The van der Waals surface area contributed by atoms with Crippen LogP contribution in [-0.2, 0) is 11.3 Å². The van der Waals surface area contributed by atoms with Crippen LogP contribution in [0.4, 0.5) is 0 Å². The zero-order valence-corrected chi connectivity index (χ0v) is 21.0. The number of guanidine groups is 1. The largest absolute Gasteiger partial charge is 0.493 e. The summed E-state index contributed by atoms with van der Waals surface area (Å²) in [5, 5.41) is 3.46. The lowest BCUT2D eigenvalue weighted by Gasteiger charge is -2.22. The summed E-state index contributed by atoms with van der Waals surface area (Å²) in [6.07, 6.45) is 6.18. The van der Waals surface area contributed by atoms with E-state index in [0.29, 0.717) is 18.6 Å². The van der Waals surface area contributed by atoms with Crippen molar-refractivity contribution in [1.82, 2.24) is 10.2 Å². The third kappa shape index (κ3) is 6.90. The highest BCUT2D eigenvalue weighted by molar-refractivity contribution is 14.0. The number of nitrogens with zero attached hydrogens (tertiary/aromatic N) is 2. The Bertz CT molecular complexity index is 665. The zero-order valence-electron chi connectivity index (χ0n) is 18.7. The smallest absolute Gasteiger partial charge is 0.194 e. The first-order chi connectivity index (χ1) is 14.2. The molecular weight excluding hydrogens is 493 g/mol. The second-order valence-electron chi connectivity index (χ2n) is 7.90. The highest BCUT2D eigenvalue weighted by Crippen LogP contribution is 2.35. The van der Waals surface area contributed by atoms with Crippen molar-refractivity contribution in [3.63, 3.8) is 0 Å². The minimum absolute atomic E-state index is 0. The van der Waals surface area contributed by atoms with Gasteiger partial charge in [-0.1, -0.05) is 12.1 Å². The Kier molecular flexibility index (Phi) is 11.1. The highest BCUT2D eigenvalue weighted by Gasteiger charge is 2.25. The first kappa shape index (κ1) is 25.0. The van der Waals surface area contributed by atoms with Gasteiger partial charge in [-0.25, -0.2) is 4.99 Å². The van der Waals surface area contributed by atoms with Gasteiger partial charge in [-0.3, -0.25) is 0 Å². The number of nitrogens with one attached hydrogen (secondary N) is 1. The Morgan fingerprint density at radius 3 is 2.70 bits per heavy atom. The molecule has 3 rings (SSSR count). The van der Waals surface area contributed by atoms with Crippen LogP contribution in [-0.4, -0.2) is 56.9 Å². The van der Waals surface area contributed by atoms with Crippen LogP contribution in [0, 0.1) is 5.92 Å². The lowest BCUT2D eigenvalue weighted by molar-refractivity contribution is 0.114. The van der Waals surface area contributed by atoms with Crippen LogP contribution in [0.2, 0.25) is 0 Å². The minimum atomic E-state index is 0. The third-order valence-electron chi connectivity index (χ3n) is 5.74. The lowest BCUT2D eigenvalue weighted by Crippen LogP contribution is -2.40. The molecule has 1 aliphatic heterocycles. The molecule has 30 heavy (non-hydrogen) atoms. The average molecular weight is 531 g/mol. The molecule has 0 spiro atoms. The standard InChI is InChI=1S/C23H37N3O3.HI/c1-4-24-23(26-14-13-18(16-26)17-28-5-2)25-15-19-9-8-12-21(27-3)22(19)29-20-10-6-7-11-20;/h8-9,12,18,20H,4-7,10-11,13-17H2,1-3H3,(H,24,25);1H. The molecule has 170 valence electrons. The van der Waals surface area contributed by atoms with E-state index in [1.54, 1.807) is 7.11 Å². The zero-order chi connectivity index (χ0) is 20.5. The molecule has 7 heteroatoms. The quantitative estimate of drug-likeness (QED) is 0.290. The predicted molar refractivity (Wildman–Crippen MR) is 132 cm³/mol. The molecule has 2 fully saturated rings. The normalized spacial score (nSPS) is 19.6. The number of ether oxygens (including phenoxy) is 3. The van der Waals surface area contributed by atoms with E-state index in [4.69, 9.17) is 19.2 Å². The van der Waals surface area contributed by atoms with Gasteiger partial charge in [0.05, 0.1) is 26.4 Å². The Morgan fingerprint density at radius 2 is 2.00 bits per heavy atom. The molecule has 1 saturated heterocycles. The third-order valence-corrected chi connectivity index (χ3v) is 5.74. The molecule has 1 atom stereocenters. The van der Waals surface area contributed by atoms with E-state index in [1.165, 1.54) is 12.8 Å². The maximum Gasteiger partial charge on any atom is 0.194 e. The van der Waals surface area contributed by atoms with Crippen molar-refractivity contribution in [3.8, 4) is 11.5 Å². The molecule has 6 nitrogen and oxygen atoms in total. The number of rotatable bonds is 9. The van der Waals surface area contributed by atoms with Crippen molar-refractivity contribution in [3.05, 3.63) is 23.8 Å². The van der Waals surface area contributed by atoms with Gasteiger partial charge in [0.1, 0.15) is 0 Å². The molecule has 1 aromatic rings. The van der Waals surface area contributed by atoms with E-state index >= 15 is 0 Å². The van der Waals surface area contributed by atoms with E-state index < -0.39 is 0 Å². The van der Waals surface area contributed by atoms with Crippen molar-refractivity contribution in [2.24, 2.45) is 10.9 Å². The first-order valence-corrected chi connectivity index (χ1v) is 11.2. The highest BCUT2D eigenvalue weighted by atomic mass is 127. The van der Waals surface area contributed by atoms with E-state index in [2.05, 4.69) is 30.1 Å². The van der Waals surface area contributed by atoms with Crippen molar-refractivity contribution in [1.29, 1.82) is 0 Å². The number of aliphatic imine (C=N–C) groups is 1. The van der Waals surface area contributed by atoms with Gasteiger partial charge in [0.15, 0.2) is 17.5 Å². The number of benzene rings is 1. The number of para-hydroxylation sites is 1. The molecule has 1 aliphatic carbocycles. The molecule has 0 amide bonds. The summed E-state index contributed by atoms with van der Waals surface area (Å²) in [5.74, 6) is 3.21. The van der Waals surface area contributed by atoms with Crippen LogP contribution in [0.3, 0.4) is 0 Å².